The number of benzene rings is 1. The Morgan fingerprint density at radius 2 is 2.00 bits per heavy atom. The van der Waals surface area contributed by atoms with Crippen LogP contribution in [0.25, 0.3) is 0 Å². The van der Waals surface area contributed by atoms with Crippen molar-refractivity contribution >= 4 is 16.6 Å². The van der Waals surface area contributed by atoms with Crippen LogP contribution in [0.15, 0.2) is 29.2 Å². The summed E-state index contributed by atoms with van der Waals surface area (Å²) in [4.78, 5) is 11.6. The number of hydrogen-bond donors (Lipinski definition) is 0. The first-order chi connectivity index (χ1) is 8.80. The second kappa shape index (κ2) is 5.07. The third kappa shape index (κ3) is 2.88. The van der Waals surface area contributed by atoms with E-state index in [1.807, 2.05) is 0 Å². The molecule has 2 rings (SSSR count). The average Bonchev–Trinajstić information content (AvgIpc) is 2.68. The van der Waals surface area contributed by atoms with E-state index in [1.54, 1.807) is 6.92 Å². The predicted molar refractivity (Wildman–Crippen MR) is 65.0 cm³/mol. The van der Waals surface area contributed by atoms with Crippen LogP contribution in [0.2, 0.25) is 0 Å². The number of carbonyl (C=O) groups excluding carboxylic acids is 1. The molecule has 1 aromatic rings. The van der Waals surface area contributed by atoms with Gasteiger partial charge in [0.15, 0.2) is 0 Å². The van der Waals surface area contributed by atoms with Gasteiger partial charge in [0.05, 0.1) is 16.4 Å². The quantitative estimate of drug-likeness (QED) is 0.838. The lowest BCUT2D eigenvalue weighted by Crippen LogP contribution is -2.21. The minimum absolute atomic E-state index is 0.0327. The average molecular weight is 290 g/mol. The molecule has 2 nitrogen and oxygen atoms in total. The molecule has 19 heavy (non-hydrogen) atoms. The van der Waals surface area contributed by atoms with Gasteiger partial charge in [0.2, 0.25) is 0 Å². The number of rotatable bonds is 2. The maximum atomic E-state index is 12.6. The highest BCUT2D eigenvalue weighted by atomic mass is 32.2. The Labute approximate surface area is 111 Å². The summed E-state index contributed by atoms with van der Waals surface area (Å²) in [6.45, 7) is 1.69. The van der Waals surface area contributed by atoms with Crippen LogP contribution < -0.4 is 0 Å². The van der Waals surface area contributed by atoms with Gasteiger partial charge >= 0.3 is 6.18 Å². The van der Waals surface area contributed by atoms with E-state index < -0.39 is 22.5 Å². The van der Waals surface area contributed by atoms with Crippen molar-refractivity contribution in [1.82, 2.24) is 0 Å². The second-order valence-corrected chi connectivity index (χ2v) is 6.33. The Kier molecular flexibility index (Phi) is 3.80. The number of hydrogen-bond acceptors (Lipinski definition) is 2. The van der Waals surface area contributed by atoms with Crippen molar-refractivity contribution in [3.8, 4) is 0 Å². The van der Waals surface area contributed by atoms with E-state index >= 15 is 0 Å². The van der Waals surface area contributed by atoms with Crippen molar-refractivity contribution in [2.24, 2.45) is 5.92 Å². The van der Waals surface area contributed by atoms with E-state index in [1.165, 1.54) is 12.1 Å². The highest BCUT2D eigenvalue weighted by Gasteiger charge is 2.36. The van der Waals surface area contributed by atoms with E-state index in [0.29, 0.717) is 12.8 Å². The van der Waals surface area contributed by atoms with Crippen LogP contribution >= 0.6 is 0 Å². The van der Waals surface area contributed by atoms with Gasteiger partial charge in [-0.2, -0.15) is 13.2 Å². The summed E-state index contributed by atoms with van der Waals surface area (Å²) in [7, 11) is -1.58. The van der Waals surface area contributed by atoms with Crippen molar-refractivity contribution in [3.05, 3.63) is 29.8 Å². The standard InChI is InChI=1S/C13H13F3O2S/c1-8-11(17)5-6-12(8)19(18)10-4-2-3-9(7-10)13(14,15)16/h2-4,7-8,12H,5-6H2,1H3. The lowest BCUT2D eigenvalue weighted by atomic mass is 10.1. The van der Waals surface area contributed by atoms with E-state index in [4.69, 9.17) is 0 Å². The summed E-state index contributed by atoms with van der Waals surface area (Å²) < 4.78 is 50.1. The zero-order valence-electron chi connectivity index (χ0n) is 10.2. The molecule has 1 saturated carbocycles. The molecule has 0 aromatic heterocycles. The van der Waals surface area contributed by atoms with Gasteiger partial charge in [-0.25, -0.2) is 0 Å². The smallest absolute Gasteiger partial charge is 0.299 e. The molecule has 0 radical (unpaired) electrons. The maximum Gasteiger partial charge on any atom is 0.416 e. The monoisotopic (exact) mass is 290 g/mol. The molecule has 0 aliphatic heterocycles. The van der Waals surface area contributed by atoms with Gasteiger partial charge in [0.1, 0.15) is 5.78 Å². The first-order valence-electron chi connectivity index (χ1n) is 5.91. The Balaban J connectivity index is 2.28. The first kappa shape index (κ1) is 14.2. The fourth-order valence-electron chi connectivity index (χ4n) is 2.23. The Morgan fingerprint density at radius 1 is 1.32 bits per heavy atom. The number of alkyl halides is 3. The van der Waals surface area contributed by atoms with Crippen LogP contribution in [0.5, 0.6) is 0 Å². The van der Waals surface area contributed by atoms with Crippen LogP contribution in [0.1, 0.15) is 25.3 Å². The normalized spacial score (nSPS) is 25.6. The summed E-state index contributed by atoms with van der Waals surface area (Å²) in [5.74, 6) is -0.319. The van der Waals surface area contributed by atoms with Crippen molar-refractivity contribution < 1.29 is 22.2 Å². The van der Waals surface area contributed by atoms with E-state index in [0.717, 1.165) is 12.1 Å². The van der Waals surface area contributed by atoms with E-state index in [2.05, 4.69) is 0 Å². The molecule has 0 saturated heterocycles. The van der Waals surface area contributed by atoms with Crippen molar-refractivity contribution in [2.75, 3.05) is 0 Å². The van der Waals surface area contributed by atoms with Crippen LogP contribution in [0.4, 0.5) is 13.2 Å². The van der Waals surface area contributed by atoms with Crippen molar-refractivity contribution in [2.45, 2.75) is 36.1 Å². The fraction of sp³-hybridized carbons (Fsp3) is 0.462. The predicted octanol–water partition coefficient (Wildman–Crippen LogP) is 3.18. The van der Waals surface area contributed by atoms with Gasteiger partial charge in [0, 0.05) is 22.5 Å². The van der Waals surface area contributed by atoms with Gasteiger partial charge in [0.25, 0.3) is 0 Å². The van der Waals surface area contributed by atoms with Gasteiger partial charge in [-0.3, -0.25) is 9.00 Å². The molecule has 6 heteroatoms. The van der Waals surface area contributed by atoms with Gasteiger partial charge in [-0.15, -0.1) is 0 Å². The summed E-state index contributed by atoms with van der Waals surface area (Å²) >= 11 is 0. The molecule has 1 aliphatic rings. The van der Waals surface area contributed by atoms with Crippen LogP contribution in [-0.4, -0.2) is 15.2 Å². The summed E-state index contributed by atoms with van der Waals surface area (Å²) in [6.07, 6.45) is -3.61. The summed E-state index contributed by atoms with van der Waals surface area (Å²) in [5, 5.41) is -0.379. The molecule has 0 spiro atoms. The number of carbonyl (C=O) groups is 1. The zero-order chi connectivity index (χ0) is 14.2. The van der Waals surface area contributed by atoms with Gasteiger partial charge in [-0.05, 0) is 24.6 Å². The topological polar surface area (TPSA) is 34.1 Å². The summed E-state index contributed by atoms with van der Waals surface area (Å²) in [6, 6.07) is 4.52. The Hall–Kier alpha value is -1.17. The lowest BCUT2D eigenvalue weighted by molar-refractivity contribution is -0.137. The van der Waals surface area contributed by atoms with Crippen molar-refractivity contribution in [1.29, 1.82) is 0 Å². The fourth-order valence-corrected chi connectivity index (χ4v) is 3.89. The van der Waals surface area contributed by atoms with E-state index in [9.17, 15) is 22.2 Å². The molecule has 1 aromatic carbocycles. The maximum absolute atomic E-state index is 12.6. The molecule has 0 heterocycles. The molecule has 0 bridgehead atoms. The molecule has 1 fully saturated rings. The van der Waals surface area contributed by atoms with Crippen molar-refractivity contribution in [3.63, 3.8) is 0 Å². The largest absolute Gasteiger partial charge is 0.416 e. The number of ketones is 1. The molecule has 0 N–H and O–H groups in total. The minimum Gasteiger partial charge on any atom is -0.299 e. The number of Topliss-reactive ketones (excluding diaryl/α,β-unsaturated/α-hetero) is 1. The van der Waals surface area contributed by atoms with Crippen LogP contribution in [0.3, 0.4) is 0 Å². The SMILES string of the molecule is CC1C(=O)CCC1S(=O)c1cccc(C(F)(F)F)c1. The zero-order valence-corrected chi connectivity index (χ0v) is 11.1. The Morgan fingerprint density at radius 3 is 2.53 bits per heavy atom. The third-order valence-corrected chi connectivity index (χ3v) is 5.32. The van der Waals surface area contributed by atoms with Gasteiger partial charge in [-0.1, -0.05) is 13.0 Å². The molecule has 3 unspecified atom stereocenters. The van der Waals surface area contributed by atoms with Gasteiger partial charge < -0.3 is 0 Å². The molecule has 104 valence electrons. The lowest BCUT2D eigenvalue weighted by Gasteiger charge is -2.15. The van der Waals surface area contributed by atoms with Crippen LogP contribution in [0, 0.1) is 5.92 Å². The number of halogens is 3. The molecular weight excluding hydrogens is 277 g/mol. The van der Waals surface area contributed by atoms with E-state index in [-0.39, 0.29) is 21.8 Å². The third-order valence-electron chi connectivity index (χ3n) is 3.41. The van der Waals surface area contributed by atoms with Crippen LogP contribution in [-0.2, 0) is 21.8 Å². The molecule has 1 aliphatic carbocycles. The summed E-state index contributed by atoms with van der Waals surface area (Å²) in [5.41, 5.74) is -0.810. The minimum atomic E-state index is -4.45. The highest BCUT2D eigenvalue weighted by molar-refractivity contribution is 7.85. The second-order valence-electron chi connectivity index (χ2n) is 4.66. The molecule has 3 atom stereocenters. The molecular formula is C13H13F3O2S. The highest BCUT2D eigenvalue weighted by Crippen LogP contribution is 2.33. The first-order valence-corrected chi connectivity index (χ1v) is 7.12. The molecule has 0 amide bonds. The Bertz CT molecular complexity index is 525.